The second-order valence-electron chi connectivity index (χ2n) is 7.79. The summed E-state index contributed by atoms with van der Waals surface area (Å²) in [7, 11) is 0. The van der Waals surface area contributed by atoms with Crippen molar-refractivity contribution in [1.82, 2.24) is 4.98 Å². The fourth-order valence-electron chi connectivity index (χ4n) is 3.48. The van der Waals surface area contributed by atoms with E-state index in [9.17, 15) is 10.4 Å². The largest absolute Gasteiger partial charge is 0.390 e. The number of nitrogens with zero attached hydrogens (tertiary/aromatic N) is 2. The minimum atomic E-state index is -0.592. The van der Waals surface area contributed by atoms with Gasteiger partial charge in [-0.25, -0.2) is 4.98 Å². The molecule has 0 aliphatic carbocycles. The molecule has 5 heteroatoms. The first kappa shape index (κ1) is 22.6. The first-order chi connectivity index (χ1) is 16.1. The predicted octanol–water partition coefficient (Wildman–Crippen LogP) is 6.16. The summed E-state index contributed by atoms with van der Waals surface area (Å²) in [6.45, 7) is 2.46. The molecule has 2 N–H and O–H groups in total. The summed E-state index contributed by atoms with van der Waals surface area (Å²) in [5.74, 6) is 0.424. The van der Waals surface area contributed by atoms with Gasteiger partial charge >= 0.3 is 0 Å². The second-order valence-corrected chi connectivity index (χ2v) is 8.80. The molecule has 0 bridgehead atoms. The van der Waals surface area contributed by atoms with Crippen LogP contribution in [0.4, 0.5) is 5.69 Å². The van der Waals surface area contributed by atoms with Crippen LogP contribution in [0.1, 0.15) is 11.1 Å². The van der Waals surface area contributed by atoms with Gasteiger partial charge in [-0.15, -0.1) is 11.8 Å². The molecule has 0 saturated carbocycles. The van der Waals surface area contributed by atoms with Crippen LogP contribution in [0, 0.1) is 18.3 Å². The Kier molecular flexibility index (Phi) is 7.41. The lowest BCUT2D eigenvalue weighted by molar-refractivity contribution is 0.213. The van der Waals surface area contributed by atoms with E-state index in [1.54, 1.807) is 0 Å². The maximum absolute atomic E-state index is 10.6. The number of pyridine rings is 1. The van der Waals surface area contributed by atoms with Gasteiger partial charge in [-0.3, -0.25) is 0 Å². The second kappa shape index (κ2) is 10.8. The molecule has 4 nitrogen and oxygen atoms in total. The Morgan fingerprint density at radius 2 is 1.58 bits per heavy atom. The number of aromatic nitrogens is 1. The number of aliphatic hydroxyl groups excluding tert-OH is 1. The van der Waals surface area contributed by atoms with Gasteiger partial charge in [0.1, 0.15) is 11.1 Å². The van der Waals surface area contributed by atoms with Gasteiger partial charge in [-0.1, -0.05) is 78.4 Å². The Morgan fingerprint density at radius 3 is 2.21 bits per heavy atom. The zero-order valence-corrected chi connectivity index (χ0v) is 19.2. The van der Waals surface area contributed by atoms with E-state index < -0.39 is 6.10 Å². The van der Waals surface area contributed by atoms with Crippen LogP contribution in [0.5, 0.6) is 0 Å². The van der Waals surface area contributed by atoms with E-state index in [4.69, 9.17) is 4.98 Å². The van der Waals surface area contributed by atoms with Gasteiger partial charge in [0.15, 0.2) is 0 Å². The average Bonchev–Trinajstić information content (AvgIpc) is 2.87. The molecule has 4 rings (SSSR count). The molecule has 1 heterocycles. The van der Waals surface area contributed by atoms with E-state index in [1.165, 1.54) is 17.3 Å². The molecule has 0 spiro atoms. The zero-order valence-electron chi connectivity index (χ0n) is 18.4. The Bertz CT molecular complexity index is 1240. The summed E-state index contributed by atoms with van der Waals surface area (Å²) in [4.78, 5) is 4.81. The molecular weight excluding hydrogens is 426 g/mol. The van der Waals surface area contributed by atoms with E-state index in [2.05, 4.69) is 11.4 Å². The molecule has 3 aromatic carbocycles. The van der Waals surface area contributed by atoms with Crippen molar-refractivity contribution in [2.75, 3.05) is 17.6 Å². The van der Waals surface area contributed by atoms with Crippen molar-refractivity contribution >= 4 is 17.4 Å². The fourth-order valence-corrected chi connectivity index (χ4v) is 4.41. The number of benzene rings is 3. The summed E-state index contributed by atoms with van der Waals surface area (Å²) >= 11 is 1.41. The number of nitrogens with one attached hydrogen (secondary N) is 1. The van der Waals surface area contributed by atoms with Crippen LogP contribution in [-0.4, -0.2) is 28.5 Å². The summed E-state index contributed by atoms with van der Waals surface area (Å²) in [6.07, 6.45) is -0.592. The molecule has 33 heavy (non-hydrogen) atoms. The van der Waals surface area contributed by atoms with Crippen LogP contribution in [0.3, 0.4) is 0 Å². The van der Waals surface area contributed by atoms with Gasteiger partial charge in [-0.05, 0) is 30.7 Å². The third kappa shape index (κ3) is 5.81. The molecule has 0 saturated heterocycles. The lowest BCUT2D eigenvalue weighted by atomic mass is 9.99. The van der Waals surface area contributed by atoms with Crippen molar-refractivity contribution in [3.05, 3.63) is 102 Å². The predicted molar refractivity (Wildman–Crippen MR) is 136 cm³/mol. The van der Waals surface area contributed by atoms with Gasteiger partial charge in [0.2, 0.25) is 0 Å². The molecule has 0 amide bonds. The van der Waals surface area contributed by atoms with E-state index in [-0.39, 0.29) is 0 Å². The highest BCUT2D eigenvalue weighted by atomic mass is 32.2. The quantitative estimate of drug-likeness (QED) is 0.314. The molecule has 4 aromatic rings. The van der Waals surface area contributed by atoms with Crippen molar-refractivity contribution in [3.63, 3.8) is 0 Å². The number of nitriles is 1. The number of aryl methyl sites for hydroxylation is 1. The number of aliphatic hydroxyl groups is 1. The highest BCUT2D eigenvalue weighted by molar-refractivity contribution is 7.99. The maximum Gasteiger partial charge on any atom is 0.115 e. The Hall–Kier alpha value is -3.59. The van der Waals surface area contributed by atoms with E-state index in [0.29, 0.717) is 22.9 Å². The number of hydrogen-bond donors (Lipinski definition) is 2. The average molecular weight is 452 g/mol. The molecule has 1 unspecified atom stereocenters. The highest BCUT2D eigenvalue weighted by Gasteiger charge is 2.17. The lowest BCUT2D eigenvalue weighted by Crippen LogP contribution is -2.22. The van der Waals surface area contributed by atoms with Gasteiger partial charge in [0.25, 0.3) is 0 Å². The summed E-state index contributed by atoms with van der Waals surface area (Å²) < 4.78 is 0. The molecule has 0 aliphatic heterocycles. The molecule has 1 atom stereocenters. The van der Waals surface area contributed by atoms with Crippen LogP contribution in [0.15, 0.2) is 96.0 Å². The van der Waals surface area contributed by atoms with Gasteiger partial charge < -0.3 is 10.4 Å². The van der Waals surface area contributed by atoms with Crippen LogP contribution in [0.2, 0.25) is 0 Å². The molecular formula is C28H25N3OS. The minimum Gasteiger partial charge on any atom is -0.390 e. The zero-order chi connectivity index (χ0) is 23.0. The van der Waals surface area contributed by atoms with Crippen molar-refractivity contribution < 1.29 is 5.11 Å². The maximum atomic E-state index is 10.6. The van der Waals surface area contributed by atoms with E-state index in [1.807, 2.05) is 97.9 Å². The highest BCUT2D eigenvalue weighted by Crippen LogP contribution is 2.34. The van der Waals surface area contributed by atoms with Crippen molar-refractivity contribution in [2.45, 2.75) is 18.1 Å². The lowest BCUT2D eigenvalue weighted by Gasteiger charge is -2.15. The van der Waals surface area contributed by atoms with Crippen molar-refractivity contribution in [1.29, 1.82) is 5.26 Å². The number of hydrogen-bond acceptors (Lipinski definition) is 5. The number of rotatable bonds is 8. The van der Waals surface area contributed by atoms with Crippen LogP contribution >= 0.6 is 11.8 Å². The summed E-state index contributed by atoms with van der Waals surface area (Å²) in [5, 5.41) is 24.4. The third-order valence-corrected chi connectivity index (χ3v) is 6.38. The van der Waals surface area contributed by atoms with Gasteiger partial charge in [0, 0.05) is 29.1 Å². The van der Waals surface area contributed by atoms with Gasteiger partial charge in [-0.2, -0.15) is 5.26 Å². The third-order valence-electron chi connectivity index (χ3n) is 5.26. The van der Waals surface area contributed by atoms with Gasteiger partial charge in [0.05, 0.1) is 17.4 Å². The molecule has 0 aliphatic rings. The Labute approximate surface area is 199 Å². The minimum absolute atomic E-state index is 0.419. The van der Waals surface area contributed by atoms with E-state index in [0.717, 1.165) is 28.1 Å². The first-order valence-corrected chi connectivity index (χ1v) is 11.8. The number of thioether (sulfide) groups is 1. The van der Waals surface area contributed by atoms with Crippen LogP contribution in [0.25, 0.3) is 22.4 Å². The molecule has 0 fully saturated rings. The van der Waals surface area contributed by atoms with Crippen LogP contribution in [-0.2, 0) is 0 Å². The standard InChI is InChI=1S/C28H25N3OS/c1-20-12-14-23(15-13-20)30-18-24(32)19-33-28-26(17-29)25(21-8-4-2-5-9-21)16-27(31-28)22-10-6-3-7-11-22/h2-16,24,30,32H,18-19H2,1H3. The SMILES string of the molecule is Cc1ccc(NCC(O)CSc2nc(-c3ccccc3)cc(-c3ccccc3)c2C#N)cc1. The summed E-state index contributed by atoms with van der Waals surface area (Å²) in [5.41, 5.74) is 6.31. The normalized spacial score (nSPS) is 11.5. The molecule has 0 radical (unpaired) electrons. The fraction of sp³-hybridized carbons (Fsp3) is 0.143. The smallest absolute Gasteiger partial charge is 0.115 e. The Morgan fingerprint density at radius 1 is 0.939 bits per heavy atom. The number of anilines is 1. The topological polar surface area (TPSA) is 68.9 Å². The summed E-state index contributed by atoms with van der Waals surface area (Å²) in [6, 6.07) is 32.2. The molecule has 164 valence electrons. The Balaban J connectivity index is 1.58. The van der Waals surface area contributed by atoms with Crippen molar-refractivity contribution in [3.8, 4) is 28.5 Å². The monoisotopic (exact) mass is 451 g/mol. The van der Waals surface area contributed by atoms with E-state index >= 15 is 0 Å². The van der Waals surface area contributed by atoms with Crippen LogP contribution < -0.4 is 5.32 Å². The first-order valence-electron chi connectivity index (χ1n) is 10.8. The molecule has 1 aromatic heterocycles. The van der Waals surface area contributed by atoms with Crippen molar-refractivity contribution in [2.24, 2.45) is 0 Å².